The zero-order valence-electron chi connectivity index (χ0n) is 7.62. The van der Waals surface area contributed by atoms with Gasteiger partial charge in [-0.05, 0) is 24.5 Å². The van der Waals surface area contributed by atoms with Gasteiger partial charge in [-0.15, -0.1) is 0 Å². The minimum absolute atomic E-state index is 0.171. The topological polar surface area (TPSA) is 38.7 Å². The van der Waals surface area contributed by atoms with Crippen molar-refractivity contribution in [2.75, 3.05) is 13.4 Å². The van der Waals surface area contributed by atoms with E-state index in [9.17, 15) is 0 Å². The van der Waals surface area contributed by atoms with Crippen molar-refractivity contribution in [3.05, 3.63) is 22.7 Å². The van der Waals surface area contributed by atoms with Crippen LogP contribution in [-0.4, -0.2) is 18.5 Å². The lowest BCUT2D eigenvalue weighted by molar-refractivity contribution is 0.174. The Bertz CT molecular complexity index is 338. The van der Waals surface area contributed by atoms with Crippen LogP contribution in [0.25, 0.3) is 0 Å². The molecule has 14 heavy (non-hydrogen) atoms. The molecule has 0 bridgehead atoms. The molecule has 3 nitrogen and oxygen atoms in total. The van der Waals surface area contributed by atoms with Crippen LogP contribution < -0.4 is 9.47 Å². The third-order valence-corrected chi connectivity index (χ3v) is 2.58. The summed E-state index contributed by atoms with van der Waals surface area (Å²) in [5.74, 6) is 1.32. The lowest BCUT2D eigenvalue weighted by atomic mass is 10.1. The van der Waals surface area contributed by atoms with Gasteiger partial charge < -0.3 is 14.6 Å². The monoisotopic (exact) mass is 214 g/mol. The predicted molar refractivity (Wildman–Crippen MR) is 53.0 cm³/mol. The van der Waals surface area contributed by atoms with Gasteiger partial charge in [0, 0.05) is 6.61 Å². The molecular formula is C10H11ClO3. The second-order valence-electron chi connectivity index (χ2n) is 3.10. The summed E-state index contributed by atoms with van der Waals surface area (Å²) >= 11 is 6.10. The lowest BCUT2D eigenvalue weighted by Gasteiger charge is -2.05. The molecule has 0 saturated heterocycles. The van der Waals surface area contributed by atoms with Crippen LogP contribution in [0.1, 0.15) is 12.0 Å². The Morgan fingerprint density at radius 3 is 3.00 bits per heavy atom. The normalized spacial score (nSPS) is 13.3. The van der Waals surface area contributed by atoms with E-state index in [1.807, 2.05) is 12.1 Å². The quantitative estimate of drug-likeness (QED) is 0.837. The molecule has 0 aliphatic carbocycles. The molecule has 0 saturated carbocycles. The lowest BCUT2D eigenvalue weighted by Crippen LogP contribution is -1.93. The number of hydrogen-bond donors (Lipinski definition) is 1. The van der Waals surface area contributed by atoms with Crippen molar-refractivity contribution in [3.63, 3.8) is 0 Å². The molecule has 1 aliphatic heterocycles. The first-order valence-electron chi connectivity index (χ1n) is 4.51. The van der Waals surface area contributed by atoms with E-state index in [0.717, 1.165) is 12.0 Å². The van der Waals surface area contributed by atoms with Crippen molar-refractivity contribution in [3.8, 4) is 11.5 Å². The van der Waals surface area contributed by atoms with Gasteiger partial charge in [0.1, 0.15) is 0 Å². The molecule has 0 unspecified atom stereocenters. The van der Waals surface area contributed by atoms with Crippen molar-refractivity contribution < 1.29 is 14.6 Å². The molecule has 1 N–H and O–H groups in total. The number of hydrogen-bond acceptors (Lipinski definition) is 3. The van der Waals surface area contributed by atoms with Crippen LogP contribution in [0.5, 0.6) is 11.5 Å². The van der Waals surface area contributed by atoms with Gasteiger partial charge in [0.05, 0.1) is 5.02 Å². The highest BCUT2D eigenvalue weighted by molar-refractivity contribution is 6.33. The summed E-state index contributed by atoms with van der Waals surface area (Å²) in [4.78, 5) is 0. The zero-order chi connectivity index (χ0) is 9.97. The highest BCUT2D eigenvalue weighted by atomic mass is 35.5. The first kappa shape index (κ1) is 9.62. The zero-order valence-corrected chi connectivity index (χ0v) is 8.38. The van der Waals surface area contributed by atoms with Crippen LogP contribution >= 0.6 is 11.6 Å². The molecule has 1 heterocycles. The Morgan fingerprint density at radius 2 is 2.21 bits per heavy atom. The second-order valence-corrected chi connectivity index (χ2v) is 3.48. The van der Waals surface area contributed by atoms with Gasteiger partial charge in [0.15, 0.2) is 11.5 Å². The number of fused-ring (bicyclic) bond motifs is 1. The number of ether oxygens (including phenoxy) is 2. The predicted octanol–water partition coefficient (Wildman–Crippen LogP) is 1.99. The number of halogens is 1. The highest BCUT2D eigenvalue weighted by Gasteiger charge is 2.18. The highest BCUT2D eigenvalue weighted by Crippen LogP contribution is 2.40. The number of aliphatic hydroxyl groups excluding tert-OH is 1. The van der Waals surface area contributed by atoms with E-state index in [0.29, 0.717) is 22.9 Å². The number of benzene rings is 1. The summed E-state index contributed by atoms with van der Waals surface area (Å²) in [6, 6.07) is 3.76. The molecule has 0 aromatic heterocycles. The minimum Gasteiger partial charge on any atom is -0.454 e. The van der Waals surface area contributed by atoms with Crippen molar-refractivity contribution in [2.45, 2.75) is 12.8 Å². The number of aliphatic hydroxyl groups is 1. The fourth-order valence-electron chi connectivity index (χ4n) is 1.44. The summed E-state index contributed by atoms with van der Waals surface area (Å²) in [7, 11) is 0. The van der Waals surface area contributed by atoms with E-state index in [1.165, 1.54) is 0 Å². The van der Waals surface area contributed by atoms with Crippen LogP contribution in [0.2, 0.25) is 5.02 Å². The third kappa shape index (κ3) is 1.65. The largest absolute Gasteiger partial charge is 0.454 e. The van der Waals surface area contributed by atoms with E-state index in [2.05, 4.69) is 0 Å². The maximum Gasteiger partial charge on any atom is 0.231 e. The maximum absolute atomic E-state index is 8.71. The average Bonchev–Trinajstić information content (AvgIpc) is 2.66. The third-order valence-electron chi connectivity index (χ3n) is 2.16. The van der Waals surface area contributed by atoms with Crippen LogP contribution in [0, 0.1) is 0 Å². The molecule has 1 aromatic rings. The molecule has 2 rings (SSSR count). The molecule has 76 valence electrons. The minimum atomic E-state index is 0.171. The van der Waals surface area contributed by atoms with Gasteiger partial charge in [0.25, 0.3) is 0 Å². The second kappa shape index (κ2) is 4.07. The van der Waals surface area contributed by atoms with Gasteiger partial charge in [-0.1, -0.05) is 17.7 Å². The van der Waals surface area contributed by atoms with E-state index in [1.54, 1.807) is 0 Å². The summed E-state index contributed by atoms with van der Waals surface area (Å²) in [5, 5.41) is 9.32. The smallest absolute Gasteiger partial charge is 0.231 e. The first-order valence-corrected chi connectivity index (χ1v) is 4.88. The molecule has 1 aliphatic rings. The van der Waals surface area contributed by atoms with Crippen molar-refractivity contribution in [2.24, 2.45) is 0 Å². The van der Waals surface area contributed by atoms with E-state index in [4.69, 9.17) is 26.2 Å². The van der Waals surface area contributed by atoms with Gasteiger partial charge in [0.2, 0.25) is 6.79 Å². The number of rotatable bonds is 3. The Kier molecular flexibility index (Phi) is 2.79. The summed E-state index contributed by atoms with van der Waals surface area (Å²) in [6.45, 7) is 0.406. The van der Waals surface area contributed by atoms with Crippen LogP contribution in [-0.2, 0) is 6.42 Å². The average molecular weight is 215 g/mol. The molecule has 0 spiro atoms. The van der Waals surface area contributed by atoms with Crippen LogP contribution in [0.15, 0.2) is 12.1 Å². The van der Waals surface area contributed by atoms with Crippen LogP contribution in [0.4, 0.5) is 0 Å². The molecular weight excluding hydrogens is 204 g/mol. The van der Waals surface area contributed by atoms with E-state index >= 15 is 0 Å². The fourth-order valence-corrected chi connectivity index (χ4v) is 1.75. The molecule has 0 radical (unpaired) electrons. The molecule has 4 heteroatoms. The van der Waals surface area contributed by atoms with Crippen LogP contribution in [0.3, 0.4) is 0 Å². The molecule has 0 atom stereocenters. The van der Waals surface area contributed by atoms with Gasteiger partial charge in [-0.3, -0.25) is 0 Å². The van der Waals surface area contributed by atoms with E-state index < -0.39 is 0 Å². The standard InChI is InChI=1S/C10H11ClO3/c11-9-7(2-1-5-12)3-4-8-10(9)14-6-13-8/h3-4,12H,1-2,5-6H2. The molecule has 1 aromatic carbocycles. The maximum atomic E-state index is 8.71. The SMILES string of the molecule is OCCCc1ccc2c(c1Cl)OCO2. The van der Waals surface area contributed by atoms with Crippen molar-refractivity contribution in [1.29, 1.82) is 0 Å². The van der Waals surface area contributed by atoms with E-state index in [-0.39, 0.29) is 13.4 Å². The van der Waals surface area contributed by atoms with Crippen molar-refractivity contribution >= 4 is 11.6 Å². The summed E-state index contributed by atoms with van der Waals surface area (Å²) < 4.78 is 10.4. The fraction of sp³-hybridized carbons (Fsp3) is 0.400. The Hall–Kier alpha value is -0.930. The summed E-state index contributed by atoms with van der Waals surface area (Å²) in [5.41, 5.74) is 0.991. The van der Waals surface area contributed by atoms with Gasteiger partial charge >= 0.3 is 0 Å². The molecule has 0 amide bonds. The molecule has 0 fully saturated rings. The van der Waals surface area contributed by atoms with Crippen molar-refractivity contribution in [1.82, 2.24) is 0 Å². The Balaban J connectivity index is 2.26. The van der Waals surface area contributed by atoms with Gasteiger partial charge in [-0.25, -0.2) is 0 Å². The number of aryl methyl sites for hydroxylation is 1. The Labute approximate surface area is 87.2 Å². The van der Waals surface area contributed by atoms with Gasteiger partial charge in [-0.2, -0.15) is 0 Å². The summed E-state index contributed by atoms with van der Waals surface area (Å²) in [6.07, 6.45) is 1.46. The Morgan fingerprint density at radius 1 is 1.36 bits per heavy atom. The first-order chi connectivity index (χ1) is 6.83.